The van der Waals surface area contributed by atoms with E-state index in [1.807, 2.05) is 30.9 Å². The zero-order valence-corrected chi connectivity index (χ0v) is 11.6. The minimum absolute atomic E-state index is 0.0603. The van der Waals surface area contributed by atoms with E-state index in [0.717, 1.165) is 25.2 Å². The molecule has 7 heteroatoms. The van der Waals surface area contributed by atoms with Crippen molar-refractivity contribution in [1.82, 2.24) is 19.7 Å². The molecule has 108 valence electrons. The smallest absolute Gasteiger partial charge is 0.357 e. The Morgan fingerprint density at radius 2 is 2.25 bits per heavy atom. The fourth-order valence-electron chi connectivity index (χ4n) is 1.87. The van der Waals surface area contributed by atoms with Crippen molar-refractivity contribution in [3.63, 3.8) is 0 Å². The van der Waals surface area contributed by atoms with E-state index < -0.39 is 5.97 Å². The fourth-order valence-corrected chi connectivity index (χ4v) is 1.87. The van der Waals surface area contributed by atoms with Gasteiger partial charge in [-0.1, -0.05) is 6.92 Å². The van der Waals surface area contributed by atoms with E-state index in [0.29, 0.717) is 12.4 Å². The molecule has 0 aromatic carbocycles. The topological polar surface area (TPSA) is 84.4 Å². The third kappa shape index (κ3) is 3.45. The minimum Gasteiger partial charge on any atom is -0.476 e. The Balaban J connectivity index is 1.99. The number of carboxylic acids is 1. The van der Waals surface area contributed by atoms with E-state index in [9.17, 15) is 4.79 Å². The molecule has 2 heterocycles. The summed E-state index contributed by atoms with van der Waals surface area (Å²) in [5.41, 5.74) is 1.05. The maximum Gasteiger partial charge on any atom is 0.357 e. The van der Waals surface area contributed by atoms with Crippen molar-refractivity contribution in [3.05, 3.63) is 35.8 Å². The van der Waals surface area contributed by atoms with E-state index in [1.165, 1.54) is 6.26 Å². The summed E-state index contributed by atoms with van der Waals surface area (Å²) in [5, 5.41) is 13.0. The van der Waals surface area contributed by atoms with Crippen LogP contribution in [0.25, 0.3) is 0 Å². The van der Waals surface area contributed by atoms with Crippen LogP contribution in [0.15, 0.2) is 23.1 Å². The van der Waals surface area contributed by atoms with Crippen LogP contribution in [-0.4, -0.2) is 37.3 Å². The van der Waals surface area contributed by atoms with Crippen molar-refractivity contribution in [2.75, 3.05) is 6.54 Å². The number of nitrogens with zero attached hydrogens (tertiary/aromatic N) is 4. The van der Waals surface area contributed by atoms with Crippen molar-refractivity contribution < 1.29 is 14.3 Å². The SMILES string of the molecule is CCN(Cc1cnn(CC)c1)Cc1nc(C(=O)O)co1. The molecular formula is C13H18N4O3. The molecule has 20 heavy (non-hydrogen) atoms. The molecule has 7 nitrogen and oxygen atoms in total. The molecule has 0 bridgehead atoms. The predicted octanol–water partition coefficient (Wildman–Crippen LogP) is 1.61. The zero-order valence-electron chi connectivity index (χ0n) is 11.6. The van der Waals surface area contributed by atoms with Crippen LogP contribution >= 0.6 is 0 Å². The van der Waals surface area contributed by atoms with Crippen LogP contribution in [0.5, 0.6) is 0 Å². The number of rotatable bonds is 7. The van der Waals surface area contributed by atoms with Crippen LogP contribution in [0.1, 0.15) is 35.8 Å². The lowest BCUT2D eigenvalue weighted by molar-refractivity contribution is 0.0690. The molecule has 0 fully saturated rings. The van der Waals surface area contributed by atoms with E-state index in [1.54, 1.807) is 0 Å². The Kier molecular flexibility index (Phi) is 4.52. The van der Waals surface area contributed by atoms with Gasteiger partial charge >= 0.3 is 5.97 Å². The molecule has 0 aliphatic carbocycles. The Hall–Kier alpha value is -2.15. The summed E-state index contributed by atoms with van der Waals surface area (Å²) in [6.45, 7) is 6.91. The quantitative estimate of drug-likeness (QED) is 0.828. The second kappa shape index (κ2) is 6.33. The molecular weight excluding hydrogens is 260 g/mol. The summed E-state index contributed by atoms with van der Waals surface area (Å²) in [6, 6.07) is 0. The van der Waals surface area contributed by atoms with E-state index in [2.05, 4.69) is 15.0 Å². The summed E-state index contributed by atoms with van der Waals surface area (Å²) < 4.78 is 7.04. The first-order valence-corrected chi connectivity index (χ1v) is 6.53. The van der Waals surface area contributed by atoms with Gasteiger partial charge in [0.25, 0.3) is 0 Å². The number of aromatic nitrogens is 3. The first-order valence-electron chi connectivity index (χ1n) is 6.53. The normalized spacial score (nSPS) is 11.2. The minimum atomic E-state index is -1.08. The summed E-state index contributed by atoms with van der Waals surface area (Å²) in [5.74, 6) is -0.667. The molecule has 0 aliphatic heterocycles. The lowest BCUT2D eigenvalue weighted by Gasteiger charge is -2.17. The third-order valence-corrected chi connectivity index (χ3v) is 2.99. The van der Waals surface area contributed by atoms with Crippen LogP contribution in [0, 0.1) is 0 Å². The standard InChI is InChI=1S/C13H18N4O3/c1-3-16(6-10-5-14-17(4-2)7-10)8-12-15-11(9-20-12)13(18)19/h5,7,9H,3-4,6,8H2,1-2H3,(H,18,19). The van der Waals surface area contributed by atoms with Gasteiger partial charge in [-0.2, -0.15) is 5.10 Å². The van der Waals surface area contributed by atoms with Gasteiger partial charge in [-0.3, -0.25) is 9.58 Å². The maximum absolute atomic E-state index is 10.7. The number of aryl methyl sites for hydroxylation is 1. The summed E-state index contributed by atoms with van der Waals surface area (Å²) in [7, 11) is 0. The molecule has 0 saturated carbocycles. The highest BCUT2D eigenvalue weighted by molar-refractivity contribution is 5.84. The second-order valence-electron chi connectivity index (χ2n) is 4.44. The number of oxazole rings is 1. The second-order valence-corrected chi connectivity index (χ2v) is 4.44. The molecule has 0 unspecified atom stereocenters. The predicted molar refractivity (Wildman–Crippen MR) is 71.2 cm³/mol. The van der Waals surface area contributed by atoms with E-state index in [4.69, 9.17) is 9.52 Å². The van der Waals surface area contributed by atoms with Crippen LogP contribution < -0.4 is 0 Å². The van der Waals surface area contributed by atoms with Gasteiger partial charge in [0.05, 0.1) is 12.7 Å². The van der Waals surface area contributed by atoms with Crippen LogP contribution in [0.3, 0.4) is 0 Å². The van der Waals surface area contributed by atoms with Crippen LogP contribution in [0.2, 0.25) is 0 Å². The number of carbonyl (C=O) groups is 1. The number of hydrogen-bond acceptors (Lipinski definition) is 5. The molecule has 0 atom stereocenters. The molecule has 2 aromatic heterocycles. The van der Waals surface area contributed by atoms with Gasteiger partial charge in [-0.05, 0) is 13.5 Å². The molecule has 0 saturated heterocycles. The zero-order chi connectivity index (χ0) is 14.5. The molecule has 2 aromatic rings. The van der Waals surface area contributed by atoms with Crippen molar-refractivity contribution in [1.29, 1.82) is 0 Å². The monoisotopic (exact) mass is 278 g/mol. The number of carboxylic acid groups (broad SMARTS) is 1. The molecule has 0 amide bonds. The van der Waals surface area contributed by atoms with Gasteiger partial charge in [0.15, 0.2) is 5.69 Å². The highest BCUT2D eigenvalue weighted by Gasteiger charge is 2.13. The summed E-state index contributed by atoms with van der Waals surface area (Å²) >= 11 is 0. The Bertz CT molecular complexity index is 576. The van der Waals surface area contributed by atoms with Gasteiger partial charge in [0.2, 0.25) is 5.89 Å². The highest BCUT2D eigenvalue weighted by atomic mass is 16.4. The lowest BCUT2D eigenvalue weighted by Crippen LogP contribution is -2.22. The van der Waals surface area contributed by atoms with Crippen molar-refractivity contribution in [3.8, 4) is 0 Å². The first-order chi connectivity index (χ1) is 9.62. The maximum atomic E-state index is 10.7. The van der Waals surface area contributed by atoms with Crippen molar-refractivity contribution in [2.24, 2.45) is 0 Å². The van der Waals surface area contributed by atoms with Crippen molar-refractivity contribution in [2.45, 2.75) is 33.5 Å². The largest absolute Gasteiger partial charge is 0.476 e. The molecule has 0 aliphatic rings. The number of hydrogen-bond donors (Lipinski definition) is 1. The van der Waals surface area contributed by atoms with Crippen LogP contribution in [0.4, 0.5) is 0 Å². The highest BCUT2D eigenvalue weighted by Crippen LogP contribution is 2.10. The van der Waals surface area contributed by atoms with Crippen LogP contribution in [-0.2, 0) is 19.6 Å². The molecule has 0 radical (unpaired) electrons. The van der Waals surface area contributed by atoms with Gasteiger partial charge in [0, 0.05) is 24.8 Å². The first kappa shape index (κ1) is 14.3. The van der Waals surface area contributed by atoms with E-state index in [-0.39, 0.29) is 5.69 Å². The Morgan fingerprint density at radius 1 is 1.45 bits per heavy atom. The summed E-state index contributed by atoms with van der Waals surface area (Å²) in [6.07, 6.45) is 5.01. The average Bonchev–Trinajstić information content (AvgIpc) is 3.06. The van der Waals surface area contributed by atoms with Crippen molar-refractivity contribution >= 4 is 5.97 Å². The lowest BCUT2D eigenvalue weighted by atomic mass is 10.3. The Morgan fingerprint density at radius 3 is 2.80 bits per heavy atom. The van der Waals surface area contributed by atoms with Gasteiger partial charge in [-0.25, -0.2) is 9.78 Å². The number of aromatic carboxylic acids is 1. The molecule has 1 N–H and O–H groups in total. The Labute approximate surface area is 116 Å². The molecule has 0 spiro atoms. The van der Waals surface area contributed by atoms with Gasteiger partial charge in [0.1, 0.15) is 6.26 Å². The summed E-state index contributed by atoms with van der Waals surface area (Å²) in [4.78, 5) is 16.8. The third-order valence-electron chi connectivity index (χ3n) is 2.99. The van der Waals surface area contributed by atoms with E-state index >= 15 is 0 Å². The fraction of sp³-hybridized carbons (Fsp3) is 0.462. The van der Waals surface area contributed by atoms with Gasteiger partial charge in [-0.15, -0.1) is 0 Å². The molecule has 2 rings (SSSR count). The van der Waals surface area contributed by atoms with Gasteiger partial charge < -0.3 is 9.52 Å². The average molecular weight is 278 g/mol.